The fourth-order valence-electron chi connectivity index (χ4n) is 3.21. The Morgan fingerprint density at radius 1 is 0.931 bits per heavy atom. The molecule has 2 aromatic carbocycles. The zero-order valence-electron chi connectivity index (χ0n) is 18.6. The molecular weight excluding hydrogens is 362 g/mol. The summed E-state index contributed by atoms with van der Waals surface area (Å²) in [5, 5.41) is 6.01. The first-order valence-electron chi connectivity index (χ1n) is 10.1. The van der Waals surface area contributed by atoms with Crippen molar-refractivity contribution in [1.82, 2.24) is 4.90 Å². The van der Waals surface area contributed by atoms with Crippen LogP contribution in [0.2, 0.25) is 0 Å². The lowest BCUT2D eigenvalue weighted by Gasteiger charge is -2.25. The van der Waals surface area contributed by atoms with Gasteiger partial charge >= 0.3 is 0 Å². The molecule has 29 heavy (non-hydrogen) atoms. The number of hydrogen-bond acceptors (Lipinski definition) is 3. The van der Waals surface area contributed by atoms with Crippen LogP contribution in [0.3, 0.4) is 0 Å². The van der Waals surface area contributed by atoms with E-state index in [1.807, 2.05) is 64.1 Å². The molecule has 0 fully saturated rings. The van der Waals surface area contributed by atoms with Crippen LogP contribution in [0.25, 0.3) is 0 Å². The first-order chi connectivity index (χ1) is 13.6. The third-order valence-corrected chi connectivity index (χ3v) is 5.49. The number of anilines is 2. The molecule has 0 saturated carbocycles. The molecule has 0 unspecified atom stereocenters. The number of para-hydroxylation sites is 1. The van der Waals surface area contributed by atoms with Crippen molar-refractivity contribution in [3.8, 4) is 0 Å². The molecule has 2 amide bonds. The highest BCUT2D eigenvalue weighted by atomic mass is 16.2. The van der Waals surface area contributed by atoms with Crippen LogP contribution < -0.4 is 10.6 Å². The molecule has 0 aliphatic heterocycles. The van der Waals surface area contributed by atoms with Gasteiger partial charge in [0.15, 0.2) is 0 Å². The minimum Gasteiger partial charge on any atom is -0.325 e. The molecule has 0 aliphatic rings. The number of amides is 2. The molecule has 0 aromatic heterocycles. The number of nitrogens with zero attached hydrogens (tertiary/aromatic N) is 1. The van der Waals surface area contributed by atoms with Crippen LogP contribution in [-0.4, -0.2) is 36.3 Å². The minimum atomic E-state index is -0.445. The predicted molar refractivity (Wildman–Crippen MR) is 121 cm³/mol. The van der Waals surface area contributed by atoms with Gasteiger partial charge in [0.25, 0.3) is 0 Å². The van der Waals surface area contributed by atoms with Crippen LogP contribution in [0.1, 0.15) is 48.9 Å². The predicted octanol–water partition coefficient (Wildman–Crippen LogP) is 4.63. The molecule has 0 saturated heterocycles. The van der Waals surface area contributed by atoms with Gasteiger partial charge in [0, 0.05) is 11.4 Å². The van der Waals surface area contributed by atoms with Crippen molar-refractivity contribution in [2.75, 3.05) is 24.2 Å². The Kier molecular flexibility index (Phi) is 7.57. The van der Waals surface area contributed by atoms with Crippen LogP contribution >= 0.6 is 0 Å². The third kappa shape index (κ3) is 5.67. The Balaban J connectivity index is 2.03. The molecule has 1 atom stereocenters. The second kappa shape index (κ2) is 9.70. The summed E-state index contributed by atoms with van der Waals surface area (Å²) in [5.41, 5.74) is 6.00. The molecule has 0 bridgehead atoms. The van der Waals surface area contributed by atoms with Gasteiger partial charge in [-0.05, 0) is 69.0 Å². The van der Waals surface area contributed by atoms with E-state index in [0.29, 0.717) is 5.92 Å². The van der Waals surface area contributed by atoms with Gasteiger partial charge in [-0.3, -0.25) is 14.5 Å². The maximum Gasteiger partial charge on any atom is 0.241 e. The molecular formula is C24H33N3O2. The summed E-state index contributed by atoms with van der Waals surface area (Å²) in [5.74, 6) is 0.0458. The maximum atomic E-state index is 12.8. The topological polar surface area (TPSA) is 61.4 Å². The summed E-state index contributed by atoms with van der Waals surface area (Å²) >= 11 is 0. The summed E-state index contributed by atoms with van der Waals surface area (Å²) < 4.78 is 0. The number of aryl methyl sites for hydroxylation is 2. The normalized spacial score (nSPS) is 12.2. The lowest BCUT2D eigenvalue weighted by atomic mass is 9.98. The van der Waals surface area contributed by atoms with Gasteiger partial charge < -0.3 is 10.6 Å². The lowest BCUT2D eigenvalue weighted by Crippen LogP contribution is -2.43. The number of hydrogen-bond donors (Lipinski definition) is 2. The molecule has 156 valence electrons. The zero-order chi connectivity index (χ0) is 21.7. The Bertz CT molecular complexity index is 890. The van der Waals surface area contributed by atoms with Gasteiger partial charge in [-0.15, -0.1) is 0 Å². The van der Waals surface area contributed by atoms with Crippen LogP contribution in [0.5, 0.6) is 0 Å². The summed E-state index contributed by atoms with van der Waals surface area (Å²) in [6.07, 6.45) is 0. The highest BCUT2D eigenvalue weighted by molar-refractivity contribution is 5.97. The van der Waals surface area contributed by atoms with Gasteiger partial charge in [-0.25, -0.2) is 0 Å². The van der Waals surface area contributed by atoms with E-state index in [9.17, 15) is 9.59 Å². The van der Waals surface area contributed by atoms with Crippen LogP contribution in [-0.2, 0) is 9.59 Å². The van der Waals surface area contributed by atoms with Gasteiger partial charge in [0.2, 0.25) is 11.8 Å². The monoisotopic (exact) mass is 395 g/mol. The number of carbonyl (C=O) groups excluding carboxylic acids is 2. The molecule has 2 aromatic rings. The molecule has 0 spiro atoms. The second-order valence-corrected chi connectivity index (χ2v) is 8.07. The Morgan fingerprint density at radius 3 is 2.21 bits per heavy atom. The van der Waals surface area contributed by atoms with Crippen molar-refractivity contribution in [3.05, 3.63) is 58.7 Å². The molecule has 5 nitrogen and oxygen atoms in total. The smallest absolute Gasteiger partial charge is 0.241 e. The second-order valence-electron chi connectivity index (χ2n) is 8.07. The zero-order valence-corrected chi connectivity index (χ0v) is 18.6. The van der Waals surface area contributed by atoms with Gasteiger partial charge in [0.05, 0.1) is 12.6 Å². The van der Waals surface area contributed by atoms with Crippen molar-refractivity contribution >= 4 is 23.2 Å². The fraction of sp³-hybridized carbons (Fsp3) is 0.417. The van der Waals surface area contributed by atoms with Gasteiger partial charge in [-0.1, -0.05) is 44.2 Å². The highest BCUT2D eigenvalue weighted by Gasteiger charge is 2.22. The Morgan fingerprint density at radius 2 is 1.55 bits per heavy atom. The van der Waals surface area contributed by atoms with Crippen molar-refractivity contribution in [2.24, 2.45) is 0 Å². The molecule has 5 heteroatoms. The quantitative estimate of drug-likeness (QED) is 0.718. The van der Waals surface area contributed by atoms with Crippen molar-refractivity contribution in [3.63, 3.8) is 0 Å². The van der Waals surface area contributed by atoms with Gasteiger partial charge in [-0.2, -0.15) is 0 Å². The van der Waals surface area contributed by atoms with E-state index in [-0.39, 0.29) is 18.4 Å². The van der Waals surface area contributed by atoms with Crippen LogP contribution in [0.4, 0.5) is 11.4 Å². The molecule has 2 N–H and O–H groups in total. The first-order valence-corrected chi connectivity index (χ1v) is 10.1. The van der Waals surface area contributed by atoms with E-state index in [0.717, 1.165) is 33.6 Å². The van der Waals surface area contributed by atoms with E-state index < -0.39 is 6.04 Å². The van der Waals surface area contributed by atoms with Crippen LogP contribution in [0, 0.1) is 20.8 Å². The SMILES string of the molecule is Cc1cccc(NC(=O)CN(C)[C@@H](C)C(=O)Nc2c(C)cccc2C(C)C)c1C. The number of likely N-dealkylation sites (N-methyl/N-ethyl adjacent to an activating group) is 1. The summed E-state index contributed by atoms with van der Waals surface area (Å²) in [6.45, 7) is 12.2. The fourth-order valence-corrected chi connectivity index (χ4v) is 3.21. The van der Waals surface area contributed by atoms with E-state index in [1.54, 1.807) is 11.9 Å². The third-order valence-electron chi connectivity index (χ3n) is 5.49. The van der Waals surface area contributed by atoms with E-state index in [4.69, 9.17) is 0 Å². The van der Waals surface area contributed by atoms with Crippen molar-refractivity contribution in [2.45, 2.75) is 53.5 Å². The van der Waals surface area contributed by atoms with Crippen molar-refractivity contribution < 1.29 is 9.59 Å². The molecule has 0 radical (unpaired) electrons. The Labute approximate surface area is 174 Å². The molecule has 0 aliphatic carbocycles. The number of carbonyl (C=O) groups is 2. The maximum absolute atomic E-state index is 12.8. The van der Waals surface area contributed by atoms with Crippen LogP contribution in [0.15, 0.2) is 36.4 Å². The summed E-state index contributed by atoms with van der Waals surface area (Å²) in [7, 11) is 1.79. The van der Waals surface area contributed by atoms with E-state index in [1.165, 1.54) is 0 Å². The lowest BCUT2D eigenvalue weighted by molar-refractivity contribution is -0.122. The Hall–Kier alpha value is -2.66. The number of nitrogens with one attached hydrogen (secondary N) is 2. The molecule has 0 heterocycles. The average molecular weight is 396 g/mol. The summed E-state index contributed by atoms with van der Waals surface area (Å²) in [6, 6.07) is 11.4. The van der Waals surface area contributed by atoms with Crippen molar-refractivity contribution in [1.29, 1.82) is 0 Å². The van der Waals surface area contributed by atoms with E-state index >= 15 is 0 Å². The van der Waals surface area contributed by atoms with E-state index in [2.05, 4.69) is 24.5 Å². The number of benzene rings is 2. The summed E-state index contributed by atoms with van der Waals surface area (Å²) in [4.78, 5) is 27.1. The molecule has 2 rings (SSSR count). The highest BCUT2D eigenvalue weighted by Crippen LogP contribution is 2.27. The number of rotatable bonds is 7. The largest absolute Gasteiger partial charge is 0.325 e. The first kappa shape index (κ1) is 22.6. The van der Waals surface area contributed by atoms with Gasteiger partial charge in [0.1, 0.15) is 0 Å². The standard InChI is InChI=1S/C24H33N3O2/c1-15(2)20-12-8-11-17(4)23(20)26-24(29)19(6)27(7)14-22(28)25-21-13-9-10-16(3)18(21)5/h8-13,15,19H,14H2,1-7H3,(H,25,28)(H,26,29)/t19-/m0/s1. The average Bonchev–Trinajstić information content (AvgIpc) is 2.66. The minimum absolute atomic E-state index is 0.122.